The fraction of sp³-hybridized carbons (Fsp3) is 0.529. The molecule has 0 aliphatic carbocycles. The van der Waals surface area contributed by atoms with Gasteiger partial charge in [-0.3, -0.25) is 4.90 Å². The zero-order valence-corrected chi connectivity index (χ0v) is 15.0. The maximum Gasteiger partial charge on any atom is 0.411 e. The number of methoxy groups -OCH3 is 1. The molecule has 0 saturated carbocycles. The van der Waals surface area contributed by atoms with Crippen molar-refractivity contribution in [3.05, 3.63) is 29.3 Å². The van der Waals surface area contributed by atoms with Crippen LogP contribution in [0.15, 0.2) is 24.3 Å². The molecule has 1 fully saturated rings. The van der Waals surface area contributed by atoms with E-state index in [0.29, 0.717) is 17.2 Å². The van der Waals surface area contributed by atoms with Crippen molar-refractivity contribution in [3.8, 4) is 5.75 Å². The van der Waals surface area contributed by atoms with E-state index in [0.717, 1.165) is 0 Å². The van der Waals surface area contributed by atoms with Crippen molar-refractivity contribution >= 4 is 23.7 Å². The molecule has 0 N–H and O–H groups in total. The number of halogens is 1. The smallest absolute Gasteiger partial charge is 0.411 e. The minimum atomic E-state index is -0.728. The molecule has 2 rings (SSSR count). The van der Waals surface area contributed by atoms with E-state index in [-0.39, 0.29) is 12.6 Å². The van der Waals surface area contributed by atoms with Crippen molar-refractivity contribution in [3.63, 3.8) is 0 Å². The Morgan fingerprint density at radius 2 is 2.00 bits per heavy atom. The number of hydrogen-bond acceptors (Lipinski definition) is 5. The molecule has 24 heavy (non-hydrogen) atoms. The van der Waals surface area contributed by atoms with Crippen LogP contribution in [0.3, 0.4) is 0 Å². The average Bonchev–Trinajstić information content (AvgIpc) is 2.88. The molecule has 132 valence electrons. The van der Waals surface area contributed by atoms with Crippen molar-refractivity contribution in [1.82, 2.24) is 4.90 Å². The van der Waals surface area contributed by atoms with Gasteiger partial charge in [-0.15, -0.1) is 0 Å². The third kappa shape index (κ3) is 4.77. The molecular formula is C17H22ClNO5. The van der Waals surface area contributed by atoms with Gasteiger partial charge in [-0.05, 0) is 39.0 Å². The summed E-state index contributed by atoms with van der Waals surface area (Å²) < 4.78 is 16.0. The second-order valence-corrected chi connectivity index (χ2v) is 7.04. The van der Waals surface area contributed by atoms with Gasteiger partial charge in [-0.25, -0.2) is 9.59 Å². The van der Waals surface area contributed by atoms with E-state index in [4.69, 9.17) is 25.8 Å². The Balaban J connectivity index is 2.11. The molecule has 1 heterocycles. The van der Waals surface area contributed by atoms with E-state index in [2.05, 4.69) is 0 Å². The van der Waals surface area contributed by atoms with E-state index in [1.807, 2.05) is 0 Å². The standard InChI is InChI=1S/C17H22ClNO5/c1-17(2,3)24-16(21)19-10-13(9-14(19)15(20)22-4)23-12-7-5-6-11(18)8-12/h5-8,13-14H,9-10H2,1-4H3/t13-,14-/m1/s1. The van der Waals surface area contributed by atoms with Gasteiger partial charge in [0.15, 0.2) is 0 Å². The number of amides is 1. The third-order valence-corrected chi connectivity index (χ3v) is 3.70. The van der Waals surface area contributed by atoms with Crippen LogP contribution < -0.4 is 4.74 Å². The number of benzene rings is 1. The lowest BCUT2D eigenvalue weighted by Gasteiger charge is -2.27. The largest absolute Gasteiger partial charge is 0.488 e. The summed E-state index contributed by atoms with van der Waals surface area (Å²) in [6, 6.07) is 6.25. The molecule has 0 bridgehead atoms. The van der Waals surface area contributed by atoms with E-state index in [9.17, 15) is 9.59 Å². The number of carbonyl (C=O) groups excluding carboxylic acids is 2. The van der Waals surface area contributed by atoms with Crippen molar-refractivity contribution in [2.75, 3.05) is 13.7 Å². The van der Waals surface area contributed by atoms with E-state index in [1.54, 1.807) is 45.0 Å². The SMILES string of the molecule is COC(=O)[C@H]1C[C@@H](Oc2cccc(Cl)c2)CN1C(=O)OC(C)(C)C. The van der Waals surface area contributed by atoms with Gasteiger partial charge >= 0.3 is 12.1 Å². The number of nitrogens with zero attached hydrogens (tertiary/aromatic N) is 1. The minimum Gasteiger partial charge on any atom is -0.488 e. The van der Waals surface area contributed by atoms with Gasteiger partial charge in [0.05, 0.1) is 13.7 Å². The molecule has 6 nitrogen and oxygen atoms in total. The minimum absolute atomic E-state index is 0.237. The van der Waals surface area contributed by atoms with Gasteiger partial charge < -0.3 is 14.2 Å². The van der Waals surface area contributed by atoms with Gasteiger partial charge in [0.1, 0.15) is 23.5 Å². The van der Waals surface area contributed by atoms with Crippen LogP contribution in [0.5, 0.6) is 5.75 Å². The van der Waals surface area contributed by atoms with Crippen LogP contribution in [-0.4, -0.2) is 48.4 Å². The van der Waals surface area contributed by atoms with Gasteiger partial charge in [0.2, 0.25) is 0 Å². The van der Waals surface area contributed by atoms with Gasteiger partial charge in [-0.1, -0.05) is 17.7 Å². The molecule has 1 aliphatic heterocycles. The molecule has 1 aliphatic rings. The first-order valence-corrected chi connectivity index (χ1v) is 8.07. The van der Waals surface area contributed by atoms with Crippen LogP contribution in [-0.2, 0) is 14.3 Å². The molecule has 1 saturated heterocycles. The predicted octanol–water partition coefficient (Wildman–Crippen LogP) is 3.27. The normalized spacial score (nSPS) is 20.6. The first-order valence-electron chi connectivity index (χ1n) is 7.69. The van der Waals surface area contributed by atoms with Crippen LogP contribution in [0.4, 0.5) is 4.79 Å². The number of hydrogen-bond donors (Lipinski definition) is 0. The summed E-state index contributed by atoms with van der Waals surface area (Å²) in [5.41, 5.74) is -0.649. The first-order chi connectivity index (χ1) is 11.2. The van der Waals surface area contributed by atoms with Crippen molar-refractivity contribution in [1.29, 1.82) is 0 Å². The molecule has 7 heteroatoms. The average molecular weight is 356 g/mol. The number of esters is 1. The molecule has 0 unspecified atom stereocenters. The van der Waals surface area contributed by atoms with Crippen molar-refractivity contribution in [2.24, 2.45) is 0 Å². The van der Waals surface area contributed by atoms with Crippen molar-refractivity contribution in [2.45, 2.75) is 44.9 Å². The van der Waals surface area contributed by atoms with E-state index < -0.39 is 23.7 Å². The highest BCUT2D eigenvalue weighted by molar-refractivity contribution is 6.30. The molecule has 1 aromatic rings. The summed E-state index contributed by atoms with van der Waals surface area (Å²) in [6.45, 7) is 5.55. The predicted molar refractivity (Wildman–Crippen MR) is 89.2 cm³/mol. The molecule has 0 radical (unpaired) electrons. The Kier molecular flexibility index (Phi) is 5.59. The Labute approximate surface area is 146 Å². The lowest BCUT2D eigenvalue weighted by atomic mass is 10.2. The summed E-state index contributed by atoms with van der Waals surface area (Å²) in [5, 5.41) is 0.555. The second-order valence-electron chi connectivity index (χ2n) is 6.60. The van der Waals surface area contributed by atoms with Gasteiger partial charge in [0.25, 0.3) is 0 Å². The van der Waals surface area contributed by atoms with Gasteiger partial charge in [-0.2, -0.15) is 0 Å². The maximum absolute atomic E-state index is 12.4. The highest BCUT2D eigenvalue weighted by Gasteiger charge is 2.43. The summed E-state index contributed by atoms with van der Waals surface area (Å²) in [6.07, 6.45) is -0.575. The number of ether oxygens (including phenoxy) is 3. The van der Waals surface area contributed by atoms with Crippen LogP contribution >= 0.6 is 11.6 Å². The number of rotatable bonds is 3. The summed E-state index contributed by atoms with van der Waals surface area (Å²) in [4.78, 5) is 25.7. The fourth-order valence-electron chi connectivity index (χ4n) is 2.50. The Bertz CT molecular complexity index is 613. The Morgan fingerprint density at radius 1 is 1.29 bits per heavy atom. The maximum atomic E-state index is 12.4. The van der Waals surface area contributed by atoms with E-state index in [1.165, 1.54) is 12.0 Å². The van der Waals surface area contributed by atoms with Crippen LogP contribution in [0, 0.1) is 0 Å². The fourth-order valence-corrected chi connectivity index (χ4v) is 2.68. The summed E-state index contributed by atoms with van der Waals surface area (Å²) in [7, 11) is 1.29. The molecule has 0 spiro atoms. The Hall–Kier alpha value is -1.95. The molecule has 0 aromatic heterocycles. The van der Waals surface area contributed by atoms with Gasteiger partial charge in [0, 0.05) is 11.4 Å². The van der Waals surface area contributed by atoms with Crippen molar-refractivity contribution < 1.29 is 23.8 Å². The lowest BCUT2D eigenvalue weighted by molar-refractivity contribution is -0.145. The topological polar surface area (TPSA) is 65.1 Å². The molecule has 1 amide bonds. The quantitative estimate of drug-likeness (QED) is 0.778. The molecule has 2 atom stereocenters. The zero-order valence-electron chi connectivity index (χ0n) is 14.2. The third-order valence-electron chi connectivity index (χ3n) is 3.46. The number of carbonyl (C=O) groups is 2. The molecule has 1 aromatic carbocycles. The molecular weight excluding hydrogens is 334 g/mol. The number of likely N-dealkylation sites (tertiary alicyclic amines) is 1. The van der Waals surface area contributed by atoms with Crippen LogP contribution in [0.25, 0.3) is 0 Å². The lowest BCUT2D eigenvalue weighted by Crippen LogP contribution is -2.44. The van der Waals surface area contributed by atoms with E-state index >= 15 is 0 Å². The summed E-state index contributed by atoms with van der Waals surface area (Å²) >= 11 is 5.94. The highest BCUT2D eigenvalue weighted by Crippen LogP contribution is 2.27. The first kappa shape index (κ1) is 18.4. The van der Waals surface area contributed by atoms with Crippen LogP contribution in [0.1, 0.15) is 27.2 Å². The highest BCUT2D eigenvalue weighted by atomic mass is 35.5. The monoisotopic (exact) mass is 355 g/mol. The summed E-state index contributed by atoms with van der Waals surface area (Å²) in [5.74, 6) is 0.0974. The second kappa shape index (κ2) is 7.30. The van der Waals surface area contributed by atoms with Crippen LogP contribution in [0.2, 0.25) is 5.02 Å². The zero-order chi connectivity index (χ0) is 17.9. The Morgan fingerprint density at radius 3 is 2.58 bits per heavy atom.